The maximum absolute atomic E-state index is 11.2. The molecule has 1 unspecified atom stereocenters. The van der Waals surface area contributed by atoms with Gasteiger partial charge in [0, 0.05) is 19.6 Å². The monoisotopic (exact) mass is 403 g/mol. The minimum absolute atomic E-state index is 0.270. The highest BCUT2D eigenvalue weighted by Gasteiger charge is 2.34. The normalized spacial score (nSPS) is 17.4. The van der Waals surface area contributed by atoms with Gasteiger partial charge in [0.1, 0.15) is 18.5 Å². The van der Waals surface area contributed by atoms with Gasteiger partial charge in [0.2, 0.25) is 0 Å². The lowest BCUT2D eigenvalue weighted by atomic mass is 9.83. The molecule has 1 aliphatic heterocycles. The fourth-order valence-corrected chi connectivity index (χ4v) is 4.06. The summed E-state index contributed by atoms with van der Waals surface area (Å²) in [6.45, 7) is 2.32. The van der Waals surface area contributed by atoms with Gasteiger partial charge in [0.15, 0.2) is 0 Å². The number of nitrogens with zero attached hydrogens (tertiary/aromatic N) is 1. The molecule has 0 bridgehead atoms. The molecule has 30 heavy (non-hydrogen) atoms. The van der Waals surface area contributed by atoms with Crippen LogP contribution in [0.3, 0.4) is 0 Å². The molecule has 1 fully saturated rings. The Bertz CT molecular complexity index is 904. The minimum Gasteiger partial charge on any atom is -0.491 e. The topological polar surface area (TPSA) is 52.9 Å². The summed E-state index contributed by atoms with van der Waals surface area (Å²) in [5, 5.41) is 21.5. The summed E-state index contributed by atoms with van der Waals surface area (Å²) in [5.41, 5.74) is 2.49. The van der Waals surface area contributed by atoms with Gasteiger partial charge < -0.3 is 19.8 Å². The van der Waals surface area contributed by atoms with E-state index < -0.39 is 11.7 Å². The highest BCUT2D eigenvalue weighted by Crippen LogP contribution is 2.34. The molecule has 0 aromatic heterocycles. The van der Waals surface area contributed by atoms with Crippen LogP contribution in [-0.4, -0.2) is 47.5 Å². The highest BCUT2D eigenvalue weighted by molar-refractivity contribution is 5.63. The Morgan fingerprint density at radius 3 is 2.00 bits per heavy atom. The van der Waals surface area contributed by atoms with Gasteiger partial charge in [0.05, 0.1) is 5.60 Å². The standard InChI is InChI=1S/C26H29NO3/c28-24(20-30-25-9-5-2-6-10-25)19-27-17-15-26(29,16-18-27)23-13-11-22(12-14-23)21-7-3-1-4-8-21/h1-14,24,28-29H,15-20H2. The molecule has 1 saturated heterocycles. The van der Waals surface area contributed by atoms with Gasteiger partial charge >= 0.3 is 0 Å². The predicted octanol–water partition coefficient (Wildman–Crippen LogP) is 4.08. The Morgan fingerprint density at radius 1 is 0.800 bits per heavy atom. The van der Waals surface area contributed by atoms with Crippen molar-refractivity contribution in [2.45, 2.75) is 24.5 Å². The van der Waals surface area contributed by atoms with E-state index in [2.05, 4.69) is 29.2 Å². The second-order valence-electron chi connectivity index (χ2n) is 8.05. The first kappa shape index (κ1) is 20.6. The Balaban J connectivity index is 1.29. The fourth-order valence-electron chi connectivity index (χ4n) is 4.06. The molecule has 0 amide bonds. The zero-order chi connectivity index (χ0) is 20.8. The number of ether oxygens (including phenoxy) is 1. The molecule has 3 aromatic carbocycles. The van der Waals surface area contributed by atoms with Crippen LogP contribution in [0.5, 0.6) is 5.75 Å². The lowest BCUT2D eigenvalue weighted by Gasteiger charge is -2.39. The highest BCUT2D eigenvalue weighted by atomic mass is 16.5. The molecule has 4 heteroatoms. The van der Waals surface area contributed by atoms with E-state index in [1.807, 2.05) is 60.7 Å². The van der Waals surface area contributed by atoms with Gasteiger partial charge in [-0.25, -0.2) is 0 Å². The lowest BCUT2D eigenvalue weighted by Crippen LogP contribution is -2.46. The number of benzene rings is 3. The fraction of sp³-hybridized carbons (Fsp3) is 0.308. The smallest absolute Gasteiger partial charge is 0.119 e. The summed E-state index contributed by atoms with van der Waals surface area (Å²) >= 11 is 0. The number of aliphatic hydroxyl groups excluding tert-OH is 1. The maximum Gasteiger partial charge on any atom is 0.119 e. The molecular formula is C26H29NO3. The van der Waals surface area contributed by atoms with Crippen molar-refractivity contribution in [3.8, 4) is 16.9 Å². The maximum atomic E-state index is 11.2. The molecule has 4 rings (SSSR count). The number of hydrogen-bond acceptors (Lipinski definition) is 4. The number of hydrogen-bond donors (Lipinski definition) is 2. The van der Waals surface area contributed by atoms with Gasteiger partial charge in [-0.1, -0.05) is 72.8 Å². The second kappa shape index (κ2) is 9.43. The van der Waals surface area contributed by atoms with Crippen molar-refractivity contribution in [3.63, 3.8) is 0 Å². The number of aliphatic hydroxyl groups is 2. The molecule has 2 N–H and O–H groups in total. The summed E-state index contributed by atoms with van der Waals surface area (Å²) in [5.74, 6) is 0.767. The van der Waals surface area contributed by atoms with E-state index in [-0.39, 0.29) is 6.61 Å². The van der Waals surface area contributed by atoms with Gasteiger partial charge in [-0.3, -0.25) is 0 Å². The largest absolute Gasteiger partial charge is 0.491 e. The van der Waals surface area contributed by atoms with Crippen molar-refractivity contribution in [1.82, 2.24) is 4.90 Å². The second-order valence-corrected chi connectivity index (χ2v) is 8.05. The molecular weight excluding hydrogens is 374 g/mol. The molecule has 0 spiro atoms. The quantitative estimate of drug-likeness (QED) is 0.624. The van der Waals surface area contributed by atoms with Crippen LogP contribution >= 0.6 is 0 Å². The van der Waals surface area contributed by atoms with Gasteiger partial charge in [0.25, 0.3) is 0 Å². The van der Waals surface area contributed by atoms with Gasteiger partial charge in [-0.05, 0) is 41.7 Å². The first-order valence-electron chi connectivity index (χ1n) is 10.6. The van der Waals surface area contributed by atoms with Crippen molar-refractivity contribution in [2.75, 3.05) is 26.2 Å². The van der Waals surface area contributed by atoms with Crippen molar-refractivity contribution in [2.24, 2.45) is 0 Å². The Hall–Kier alpha value is -2.66. The van der Waals surface area contributed by atoms with Gasteiger partial charge in [-0.15, -0.1) is 0 Å². The zero-order valence-electron chi connectivity index (χ0n) is 17.2. The average molecular weight is 404 g/mol. The Labute approximate surface area is 178 Å². The van der Waals surface area contributed by atoms with E-state index >= 15 is 0 Å². The number of para-hydroxylation sites is 1. The van der Waals surface area contributed by atoms with E-state index in [1.54, 1.807) is 0 Å². The van der Waals surface area contributed by atoms with Crippen molar-refractivity contribution in [3.05, 3.63) is 90.5 Å². The third kappa shape index (κ3) is 5.08. The molecule has 156 valence electrons. The summed E-state index contributed by atoms with van der Waals surface area (Å²) in [6.07, 6.45) is 0.759. The molecule has 0 radical (unpaired) electrons. The number of rotatable bonds is 7. The SMILES string of the molecule is OC(COc1ccccc1)CN1CCC(O)(c2ccc(-c3ccccc3)cc2)CC1. The van der Waals surface area contributed by atoms with Crippen LogP contribution in [-0.2, 0) is 5.60 Å². The van der Waals surface area contributed by atoms with E-state index in [0.717, 1.165) is 30.0 Å². The van der Waals surface area contributed by atoms with Crippen LogP contribution in [0.1, 0.15) is 18.4 Å². The van der Waals surface area contributed by atoms with Crippen molar-refractivity contribution < 1.29 is 14.9 Å². The first-order valence-corrected chi connectivity index (χ1v) is 10.6. The van der Waals surface area contributed by atoms with Crippen LogP contribution in [0, 0.1) is 0 Å². The van der Waals surface area contributed by atoms with Gasteiger partial charge in [-0.2, -0.15) is 0 Å². The number of β-amino-alcohol motifs (C(OH)–C–C–N with tert-alkyl or cyclic N) is 1. The molecule has 1 aliphatic rings. The molecule has 0 saturated carbocycles. The minimum atomic E-state index is -0.808. The van der Waals surface area contributed by atoms with E-state index in [0.29, 0.717) is 19.4 Å². The summed E-state index contributed by atoms with van der Waals surface area (Å²) in [4.78, 5) is 2.20. The first-order chi connectivity index (χ1) is 14.6. The third-order valence-electron chi connectivity index (χ3n) is 5.87. The van der Waals surface area contributed by atoms with Crippen LogP contribution in [0.25, 0.3) is 11.1 Å². The van der Waals surface area contributed by atoms with Crippen molar-refractivity contribution in [1.29, 1.82) is 0 Å². The van der Waals surface area contributed by atoms with Crippen LogP contribution in [0.4, 0.5) is 0 Å². The third-order valence-corrected chi connectivity index (χ3v) is 5.87. The number of likely N-dealkylation sites (tertiary alicyclic amines) is 1. The van der Waals surface area contributed by atoms with Crippen molar-refractivity contribution >= 4 is 0 Å². The molecule has 1 heterocycles. The average Bonchev–Trinajstić information content (AvgIpc) is 2.81. The molecule has 1 atom stereocenters. The Kier molecular flexibility index (Phi) is 6.48. The number of piperidine rings is 1. The van der Waals surface area contributed by atoms with Crippen LogP contribution < -0.4 is 4.74 Å². The summed E-state index contributed by atoms with van der Waals surface area (Å²) < 4.78 is 5.64. The molecule has 3 aromatic rings. The zero-order valence-corrected chi connectivity index (χ0v) is 17.2. The summed E-state index contributed by atoms with van der Waals surface area (Å²) in [6, 6.07) is 28.1. The predicted molar refractivity (Wildman–Crippen MR) is 119 cm³/mol. The van der Waals surface area contributed by atoms with E-state index in [4.69, 9.17) is 4.74 Å². The van der Waals surface area contributed by atoms with Crippen LogP contribution in [0.2, 0.25) is 0 Å². The lowest BCUT2D eigenvalue weighted by molar-refractivity contribution is -0.0372. The van der Waals surface area contributed by atoms with E-state index in [1.165, 1.54) is 5.56 Å². The van der Waals surface area contributed by atoms with Crippen LogP contribution in [0.15, 0.2) is 84.9 Å². The molecule has 4 nitrogen and oxygen atoms in total. The summed E-state index contributed by atoms with van der Waals surface area (Å²) in [7, 11) is 0. The van der Waals surface area contributed by atoms with E-state index in [9.17, 15) is 10.2 Å². The molecule has 0 aliphatic carbocycles. The Morgan fingerprint density at radius 2 is 1.37 bits per heavy atom.